The highest BCUT2D eigenvalue weighted by atomic mass is 15.2. The zero-order valence-electron chi connectivity index (χ0n) is 29.8. The van der Waals surface area contributed by atoms with Crippen molar-refractivity contribution in [2.24, 2.45) is 0 Å². The molecule has 2 aliphatic rings. The summed E-state index contributed by atoms with van der Waals surface area (Å²) in [6, 6.07) is 41.3. The van der Waals surface area contributed by atoms with Gasteiger partial charge >= 0.3 is 0 Å². The van der Waals surface area contributed by atoms with Gasteiger partial charge < -0.3 is 19.6 Å². The van der Waals surface area contributed by atoms with Gasteiger partial charge in [0, 0.05) is 73.9 Å². The van der Waals surface area contributed by atoms with Crippen LogP contribution in [0, 0.1) is 0 Å². The standard InChI is InChI=1S/C46H46N4/c1-5-47-27-31-25-33-29-49(7-3)45-41-23-15-11-19-37(41)38-20-12-16-24-42(38)46(45)50(8-4)30-34(33)26-32(31)28-48(6-2)44-40-22-14-10-18-36(40)35-17-9-13-21-39(35)43(44)47/h9-26H,5-8,27-30H2,1-4H3. The topological polar surface area (TPSA) is 13.0 Å². The molecule has 7 aromatic rings. The Labute approximate surface area is 296 Å². The van der Waals surface area contributed by atoms with Gasteiger partial charge in [-0.15, -0.1) is 0 Å². The third-order valence-electron chi connectivity index (χ3n) is 11.5. The van der Waals surface area contributed by atoms with Gasteiger partial charge in [0.25, 0.3) is 0 Å². The third-order valence-corrected chi connectivity index (χ3v) is 11.5. The van der Waals surface area contributed by atoms with Gasteiger partial charge in [0.05, 0.1) is 22.7 Å². The number of hydrogen-bond acceptors (Lipinski definition) is 4. The SMILES string of the molecule is CCN1Cc2cc3c(cc2CN(CC)c2c1c1ccccc1c1ccccc21)CN(CC)c1c(c2ccccc2c2ccccc12)N(CC)C3. The number of rotatable bonds is 4. The normalized spacial score (nSPS) is 14.6. The molecular formula is C46H46N4. The summed E-state index contributed by atoms with van der Waals surface area (Å²) in [6.07, 6.45) is 0. The van der Waals surface area contributed by atoms with Crippen molar-refractivity contribution in [2.75, 3.05) is 45.8 Å². The molecule has 4 nitrogen and oxygen atoms in total. The van der Waals surface area contributed by atoms with E-state index in [1.165, 1.54) is 88.1 Å². The lowest BCUT2D eigenvalue weighted by atomic mass is 9.91. The van der Waals surface area contributed by atoms with Crippen LogP contribution < -0.4 is 19.6 Å². The van der Waals surface area contributed by atoms with Crippen molar-refractivity contribution in [3.63, 3.8) is 0 Å². The Hall–Kier alpha value is -5.22. The molecule has 0 saturated carbocycles. The molecule has 0 atom stereocenters. The molecule has 9 rings (SSSR count). The predicted molar refractivity (Wildman–Crippen MR) is 216 cm³/mol. The van der Waals surface area contributed by atoms with E-state index in [0.29, 0.717) is 0 Å². The fourth-order valence-corrected chi connectivity index (χ4v) is 9.09. The summed E-state index contributed by atoms with van der Waals surface area (Å²) in [4.78, 5) is 10.6. The predicted octanol–water partition coefficient (Wildman–Crippen LogP) is 11.0. The van der Waals surface area contributed by atoms with Gasteiger partial charge in [0.2, 0.25) is 0 Å². The van der Waals surface area contributed by atoms with Crippen LogP contribution in [0.2, 0.25) is 0 Å². The van der Waals surface area contributed by atoms with E-state index in [1.54, 1.807) is 0 Å². The minimum atomic E-state index is 0.903. The van der Waals surface area contributed by atoms with Crippen LogP contribution in [-0.2, 0) is 26.2 Å². The molecular weight excluding hydrogens is 609 g/mol. The van der Waals surface area contributed by atoms with Crippen molar-refractivity contribution in [1.82, 2.24) is 0 Å². The van der Waals surface area contributed by atoms with E-state index in [2.05, 4.69) is 156 Å². The lowest BCUT2D eigenvalue weighted by Gasteiger charge is -2.40. The van der Waals surface area contributed by atoms with Gasteiger partial charge in [-0.1, -0.05) is 109 Å². The minimum absolute atomic E-state index is 0.903. The number of anilines is 4. The molecule has 0 bridgehead atoms. The summed E-state index contributed by atoms with van der Waals surface area (Å²) in [5, 5.41) is 10.8. The molecule has 0 N–H and O–H groups in total. The van der Waals surface area contributed by atoms with Gasteiger partial charge in [0.15, 0.2) is 0 Å². The lowest BCUT2D eigenvalue weighted by Crippen LogP contribution is -2.34. The van der Waals surface area contributed by atoms with E-state index < -0.39 is 0 Å². The van der Waals surface area contributed by atoms with E-state index in [9.17, 15) is 0 Å². The molecule has 0 aromatic heterocycles. The summed E-state index contributed by atoms with van der Waals surface area (Å²) >= 11 is 0. The average Bonchev–Trinajstić information content (AvgIpc) is 3.16. The molecule has 0 spiro atoms. The number of benzene rings is 7. The molecule has 0 fully saturated rings. The highest BCUT2D eigenvalue weighted by Crippen LogP contribution is 2.49. The third kappa shape index (κ3) is 4.65. The van der Waals surface area contributed by atoms with Crippen LogP contribution in [0.4, 0.5) is 22.7 Å². The van der Waals surface area contributed by atoms with E-state index >= 15 is 0 Å². The zero-order valence-corrected chi connectivity index (χ0v) is 29.8. The first-order chi connectivity index (χ1) is 24.6. The van der Waals surface area contributed by atoms with Crippen LogP contribution in [0.3, 0.4) is 0 Å². The van der Waals surface area contributed by atoms with Gasteiger partial charge in [-0.25, -0.2) is 0 Å². The van der Waals surface area contributed by atoms with Gasteiger partial charge in [-0.3, -0.25) is 0 Å². The summed E-state index contributed by atoms with van der Waals surface area (Å²) < 4.78 is 0. The minimum Gasteiger partial charge on any atom is -0.365 e. The molecule has 0 unspecified atom stereocenters. The molecule has 4 heteroatoms. The molecule has 250 valence electrons. The van der Waals surface area contributed by atoms with Crippen molar-refractivity contribution in [2.45, 2.75) is 53.9 Å². The van der Waals surface area contributed by atoms with Crippen molar-refractivity contribution >= 4 is 65.8 Å². The van der Waals surface area contributed by atoms with Crippen LogP contribution in [0.1, 0.15) is 49.9 Å². The summed E-state index contributed by atoms with van der Waals surface area (Å²) in [7, 11) is 0. The second-order valence-electron chi connectivity index (χ2n) is 14.0. The first-order valence-electron chi connectivity index (χ1n) is 18.6. The van der Waals surface area contributed by atoms with Crippen LogP contribution in [0.5, 0.6) is 0 Å². The Bertz CT molecular complexity index is 2090. The van der Waals surface area contributed by atoms with Crippen molar-refractivity contribution in [3.05, 3.63) is 131 Å². The van der Waals surface area contributed by atoms with Crippen molar-refractivity contribution in [1.29, 1.82) is 0 Å². The van der Waals surface area contributed by atoms with E-state index in [-0.39, 0.29) is 0 Å². The van der Waals surface area contributed by atoms with Gasteiger partial charge in [-0.2, -0.15) is 0 Å². The molecule has 0 radical (unpaired) electrons. The quantitative estimate of drug-likeness (QED) is 0.175. The number of hydrogen-bond donors (Lipinski definition) is 0. The first-order valence-corrected chi connectivity index (χ1v) is 18.6. The first kappa shape index (κ1) is 30.8. The summed E-state index contributed by atoms with van der Waals surface area (Å²) in [6.45, 7) is 16.7. The second-order valence-corrected chi connectivity index (χ2v) is 14.0. The van der Waals surface area contributed by atoms with Crippen molar-refractivity contribution in [3.8, 4) is 0 Å². The molecule has 0 aliphatic carbocycles. The second kappa shape index (κ2) is 12.3. The Morgan fingerprint density at radius 1 is 0.320 bits per heavy atom. The van der Waals surface area contributed by atoms with E-state index in [4.69, 9.17) is 0 Å². The maximum atomic E-state index is 2.64. The Morgan fingerprint density at radius 3 is 0.720 bits per heavy atom. The summed E-state index contributed by atoms with van der Waals surface area (Å²) in [5.41, 5.74) is 11.3. The van der Waals surface area contributed by atoms with Gasteiger partial charge in [0.1, 0.15) is 0 Å². The number of fused-ring (bicyclic) bond motifs is 14. The maximum Gasteiger partial charge on any atom is 0.0693 e. The highest BCUT2D eigenvalue weighted by Gasteiger charge is 2.30. The lowest BCUT2D eigenvalue weighted by molar-refractivity contribution is 0.742. The smallest absolute Gasteiger partial charge is 0.0693 e. The van der Waals surface area contributed by atoms with Crippen LogP contribution in [-0.4, -0.2) is 26.2 Å². The number of nitrogens with zero attached hydrogens (tertiary/aromatic N) is 4. The molecule has 0 saturated heterocycles. The molecule has 7 aromatic carbocycles. The fourth-order valence-electron chi connectivity index (χ4n) is 9.09. The molecule has 0 amide bonds. The molecule has 2 heterocycles. The van der Waals surface area contributed by atoms with E-state index in [1.807, 2.05) is 0 Å². The summed E-state index contributed by atoms with van der Waals surface area (Å²) in [5.74, 6) is 0. The van der Waals surface area contributed by atoms with E-state index in [0.717, 1.165) is 52.4 Å². The monoisotopic (exact) mass is 654 g/mol. The van der Waals surface area contributed by atoms with Crippen LogP contribution in [0.25, 0.3) is 43.1 Å². The van der Waals surface area contributed by atoms with Crippen molar-refractivity contribution < 1.29 is 0 Å². The van der Waals surface area contributed by atoms with Crippen LogP contribution >= 0.6 is 0 Å². The largest absolute Gasteiger partial charge is 0.365 e. The molecule has 50 heavy (non-hydrogen) atoms. The highest BCUT2D eigenvalue weighted by molar-refractivity contribution is 6.21. The maximum absolute atomic E-state index is 2.64. The Balaban J connectivity index is 1.25. The van der Waals surface area contributed by atoms with Crippen LogP contribution in [0.15, 0.2) is 109 Å². The average molecular weight is 655 g/mol. The van der Waals surface area contributed by atoms with Gasteiger partial charge in [-0.05, 0) is 71.5 Å². The molecule has 2 aliphatic heterocycles. The Morgan fingerprint density at radius 2 is 0.520 bits per heavy atom. The zero-order chi connectivity index (χ0) is 33.9. The Kier molecular flexibility index (Phi) is 7.57. The fraction of sp³-hybridized carbons (Fsp3) is 0.261.